The summed E-state index contributed by atoms with van der Waals surface area (Å²) >= 11 is 5.90. The summed E-state index contributed by atoms with van der Waals surface area (Å²) in [6, 6.07) is 7.40. The highest BCUT2D eigenvalue weighted by Crippen LogP contribution is 2.35. The van der Waals surface area contributed by atoms with Gasteiger partial charge in [0.1, 0.15) is 0 Å². The largest absolute Gasteiger partial charge is 0.369 e. The highest BCUT2D eigenvalue weighted by Gasteiger charge is 2.49. The number of rotatable bonds is 9. The maximum atomic E-state index is 12.0. The lowest BCUT2D eigenvalue weighted by atomic mass is 9.73. The summed E-state index contributed by atoms with van der Waals surface area (Å²) in [5.41, 5.74) is 6.06. The third kappa shape index (κ3) is 5.17. The van der Waals surface area contributed by atoms with E-state index in [2.05, 4.69) is 9.62 Å². The second-order valence-electron chi connectivity index (χ2n) is 6.87. The number of halogens is 1. The Bertz CT molecular complexity index is 700. The molecule has 0 spiro atoms. The van der Waals surface area contributed by atoms with Crippen LogP contribution in [0.25, 0.3) is 0 Å². The van der Waals surface area contributed by atoms with Crippen LogP contribution >= 0.6 is 11.6 Å². The van der Waals surface area contributed by atoms with E-state index in [0.29, 0.717) is 37.5 Å². The third-order valence-corrected chi connectivity index (χ3v) is 6.49. The van der Waals surface area contributed by atoms with Crippen molar-refractivity contribution in [2.75, 3.05) is 25.4 Å². The van der Waals surface area contributed by atoms with Crippen LogP contribution in [0.5, 0.6) is 0 Å². The minimum absolute atomic E-state index is 0.00400. The van der Waals surface area contributed by atoms with E-state index in [1.165, 1.54) is 0 Å². The Hall–Kier alpha value is -1.15. The zero-order valence-electron chi connectivity index (χ0n) is 14.7. The fourth-order valence-electron chi connectivity index (χ4n) is 3.11. The van der Waals surface area contributed by atoms with Gasteiger partial charge in [0.2, 0.25) is 15.9 Å². The van der Waals surface area contributed by atoms with Crippen LogP contribution in [0.1, 0.15) is 25.8 Å². The van der Waals surface area contributed by atoms with E-state index in [4.69, 9.17) is 17.3 Å². The lowest BCUT2D eigenvalue weighted by Gasteiger charge is -2.51. The molecule has 0 aliphatic carbocycles. The van der Waals surface area contributed by atoms with E-state index in [1.54, 1.807) is 12.1 Å². The second-order valence-corrected chi connectivity index (χ2v) is 9.23. The van der Waals surface area contributed by atoms with Crippen molar-refractivity contribution >= 4 is 27.5 Å². The molecule has 1 atom stereocenters. The maximum Gasteiger partial charge on any atom is 0.226 e. The fourth-order valence-corrected chi connectivity index (χ4v) is 4.41. The molecule has 0 saturated carbocycles. The molecule has 1 saturated heterocycles. The zero-order chi connectivity index (χ0) is 18.7. The van der Waals surface area contributed by atoms with Gasteiger partial charge in [-0.15, -0.1) is 0 Å². The maximum absolute atomic E-state index is 12.0. The minimum Gasteiger partial charge on any atom is -0.369 e. The van der Waals surface area contributed by atoms with Gasteiger partial charge >= 0.3 is 0 Å². The first-order valence-corrected chi connectivity index (χ1v) is 10.5. The molecule has 1 aliphatic heterocycles. The number of carbonyl (C=O) groups is 1. The predicted molar refractivity (Wildman–Crippen MR) is 99.9 cm³/mol. The van der Waals surface area contributed by atoms with Crippen LogP contribution in [0.15, 0.2) is 24.3 Å². The van der Waals surface area contributed by atoms with E-state index < -0.39 is 15.4 Å². The standard InChI is InChI=1S/C17H26ClN3O3S/c1-3-8-25(23,24)20-10-13(2)21-11-17(12-21,16(19)22)9-14-4-6-15(18)7-5-14/h4-7,13,20H,3,8-12H2,1-2H3,(H2,19,22). The SMILES string of the molecule is CCCS(=O)(=O)NCC(C)N1CC(Cc2ccc(Cl)cc2)(C(N)=O)C1. The molecule has 6 nitrogen and oxygen atoms in total. The van der Waals surface area contributed by atoms with Crippen LogP contribution in [0.2, 0.25) is 5.02 Å². The molecule has 1 heterocycles. The number of hydrogen-bond acceptors (Lipinski definition) is 4. The summed E-state index contributed by atoms with van der Waals surface area (Å²) in [7, 11) is -3.22. The smallest absolute Gasteiger partial charge is 0.226 e. The zero-order valence-corrected chi connectivity index (χ0v) is 16.2. The molecule has 0 bridgehead atoms. The molecule has 140 valence electrons. The summed E-state index contributed by atoms with van der Waals surface area (Å²) in [5, 5.41) is 0.653. The average Bonchev–Trinajstić information content (AvgIpc) is 2.50. The lowest BCUT2D eigenvalue weighted by molar-refractivity contribution is -0.140. The van der Waals surface area contributed by atoms with Gasteiger partial charge in [0.05, 0.1) is 11.2 Å². The Kier molecular flexibility index (Phi) is 6.48. The van der Waals surface area contributed by atoms with Crippen LogP contribution in [0.4, 0.5) is 0 Å². The van der Waals surface area contributed by atoms with Crippen molar-refractivity contribution in [3.05, 3.63) is 34.9 Å². The van der Waals surface area contributed by atoms with Crippen LogP contribution in [0.3, 0.4) is 0 Å². The summed E-state index contributed by atoms with van der Waals surface area (Å²) in [4.78, 5) is 14.1. The molecule has 1 unspecified atom stereocenters. The topological polar surface area (TPSA) is 92.5 Å². The van der Waals surface area contributed by atoms with Crippen molar-refractivity contribution in [1.82, 2.24) is 9.62 Å². The van der Waals surface area contributed by atoms with Gasteiger partial charge in [-0.05, 0) is 37.5 Å². The van der Waals surface area contributed by atoms with Crippen molar-refractivity contribution < 1.29 is 13.2 Å². The quantitative estimate of drug-likeness (QED) is 0.669. The van der Waals surface area contributed by atoms with Crippen molar-refractivity contribution in [2.45, 2.75) is 32.7 Å². The van der Waals surface area contributed by atoms with Gasteiger partial charge in [-0.3, -0.25) is 9.69 Å². The van der Waals surface area contributed by atoms with E-state index in [0.717, 1.165) is 5.56 Å². The average molecular weight is 388 g/mol. The molecule has 0 radical (unpaired) electrons. The fraction of sp³-hybridized carbons (Fsp3) is 0.588. The van der Waals surface area contributed by atoms with Gasteiger partial charge < -0.3 is 5.73 Å². The van der Waals surface area contributed by atoms with Crippen LogP contribution in [-0.2, 0) is 21.2 Å². The summed E-state index contributed by atoms with van der Waals surface area (Å²) in [6.07, 6.45) is 1.14. The van der Waals surface area contributed by atoms with Gasteiger partial charge in [-0.25, -0.2) is 13.1 Å². The first-order valence-electron chi connectivity index (χ1n) is 8.43. The first-order chi connectivity index (χ1) is 11.7. The molecule has 0 aromatic heterocycles. The second kappa shape index (κ2) is 8.03. The van der Waals surface area contributed by atoms with Gasteiger partial charge in [0, 0.05) is 30.7 Å². The Labute approximate surface area is 154 Å². The monoisotopic (exact) mass is 387 g/mol. The number of hydrogen-bond donors (Lipinski definition) is 2. The Morgan fingerprint density at radius 1 is 1.36 bits per heavy atom. The van der Waals surface area contributed by atoms with Gasteiger partial charge in [0.25, 0.3) is 0 Å². The minimum atomic E-state index is -3.22. The normalized spacial score (nSPS) is 18.5. The highest BCUT2D eigenvalue weighted by molar-refractivity contribution is 7.89. The van der Waals surface area contributed by atoms with Crippen molar-refractivity contribution in [3.8, 4) is 0 Å². The molecule has 2 rings (SSSR count). The van der Waals surface area contributed by atoms with Crippen molar-refractivity contribution in [2.24, 2.45) is 11.1 Å². The molecular weight excluding hydrogens is 362 g/mol. The number of sulfonamides is 1. The Morgan fingerprint density at radius 2 is 1.96 bits per heavy atom. The number of nitrogens with zero attached hydrogens (tertiary/aromatic N) is 1. The van der Waals surface area contributed by atoms with Crippen molar-refractivity contribution in [3.63, 3.8) is 0 Å². The van der Waals surface area contributed by atoms with E-state index >= 15 is 0 Å². The molecule has 1 aliphatic rings. The number of amides is 1. The molecule has 1 aromatic rings. The molecule has 1 fully saturated rings. The highest BCUT2D eigenvalue weighted by atomic mass is 35.5. The molecular formula is C17H26ClN3O3S. The molecule has 25 heavy (non-hydrogen) atoms. The predicted octanol–water partition coefficient (Wildman–Crippen LogP) is 1.39. The van der Waals surface area contributed by atoms with E-state index in [9.17, 15) is 13.2 Å². The molecule has 3 N–H and O–H groups in total. The summed E-state index contributed by atoms with van der Waals surface area (Å²) in [6.45, 7) is 5.17. The number of likely N-dealkylation sites (tertiary alicyclic amines) is 1. The number of nitrogens with two attached hydrogens (primary N) is 1. The van der Waals surface area contributed by atoms with Crippen LogP contribution in [0, 0.1) is 5.41 Å². The third-order valence-electron chi connectivity index (χ3n) is 4.68. The van der Waals surface area contributed by atoms with Gasteiger partial charge in [0.15, 0.2) is 0 Å². The van der Waals surface area contributed by atoms with E-state index in [1.807, 2.05) is 26.0 Å². The molecule has 8 heteroatoms. The Morgan fingerprint density at radius 3 is 2.48 bits per heavy atom. The van der Waals surface area contributed by atoms with E-state index in [-0.39, 0.29) is 17.7 Å². The molecule has 1 amide bonds. The number of nitrogens with one attached hydrogen (secondary N) is 1. The number of carbonyl (C=O) groups excluding carboxylic acids is 1. The molecule has 1 aromatic carbocycles. The Balaban J connectivity index is 1.93. The first kappa shape index (κ1) is 20.2. The van der Waals surface area contributed by atoms with Crippen LogP contribution in [-0.4, -0.2) is 50.7 Å². The summed E-state index contributed by atoms with van der Waals surface area (Å²) in [5.74, 6) is -0.195. The van der Waals surface area contributed by atoms with Gasteiger partial charge in [-0.1, -0.05) is 30.7 Å². The number of primary amides is 1. The van der Waals surface area contributed by atoms with Crippen molar-refractivity contribution in [1.29, 1.82) is 0 Å². The number of benzene rings is 1. The summed E-state index contributed by atoms with van der Waals surface area (Å²) < 4.78 is 26.1. The van der Waals surface area contributed by atoms with Gasteiger partial charge in [-0.2, -0.15) is 0 Å². The lowest BCUT2D eigenvalue weighted by Crippen LogP contribution is -2.66. The van der Waals surface area contributed by atoms with Crippen LogP contribution < -0.4 is 10.5 Å².